The van der Waals surface area contributed by atoms with E-state index >= 15 is 0 Å². The van der Waals surface area contributed by atoms with Crippen LogP contribution in [0.25, 0.3) is 0 Å². The molecule has 0 aromatic heterocycles. The Balaban J connectivity index is 2.82. The van der Waals surface area contributed by atoms with E-state index in [4.69, 9.17) is 5.73 Å². The van der Waals surface area contributed by atoms with Gasteiger partial charge in [0.1, 0.15) is 11.6 Å². The fraction of sp³-hybridized carbons (Fsp3) is 0.364. The largest absolute Gasteiger partial charge is 0.346 e. The van der Waals surface area contributed by atoms with Crippen LogP contribution in [0.3, 0.4) is 0 Å². The third-order valence-corrected chi connectivity index (χ3v) is 2.30. The van der Waals surface area contributed by atoms with E-state index in [1.807, 2.05) is 5.32 Å². The summed E-state index contributed by atoms with van der Waals surface area (Å²) in [5, 5.41) is 1.85. The lowest BCUT2D eigenvalue weighted by Gasteiger charge is -2.14. The van der Waals surface area contributed by atoms with Crippen molar-refractivity contribution in [2.45, 2.75) is 12.8 Å². The van der Waals surface area contributed by atoms with E-state index in [0.29, 0.717) is 6.07 Å². The third kappa shape index (κ3) is 3.43. The summed E-state index contributed by atoms with van der Waals surface area (Å²) in [5.74, 6) is -6.21. The van der Waals surface area contributed by atoms with Gasteiger partial charge in [0.25, 0.3) is 11.8 Å². The second kappa shape index (κ2) is 5.34. The fourth-order valence-electron chi connectivity index (χ4n) is 1.21. The van der Waals surface area contributed by atoms with Crippen molar-refractivity contribution in [3.05, 3.63) is 34.9 Å². The number of carbonyl (C=O) groups excluding carboxylic acids is 1. The Morgan fingerprint density at radius 3 is 2.50 bits per heavy atom. The van der Waals surface area contributed by atoms with Crippen molar-refractivity contribution >= 4 is 5.91 Å². The molecular formula is C11H12F4N2O. The predicted molar refractivity (Wildman–Crippen MR) is 57.4 cm³/mol. The molecule has 0 saturated heterocycles. The van der Waals surface area contributed by atoms with Crippen molar-refractivity contribution in [1.82, 2.24) is 5.32 Å². The first-order valence-electron chi connectivity index (χ1n) is 5.08. The highest BCUT2D eigenvalue weighted by Crippen LogP contribution is 2.15. The minimum Gasteiger partial charge on any atom is -0.346 e. The summed E-state index contributed by atoms with van der Waals surface area (Å²) in [6, 6.07) is 1.49. The highest BCUT2D eigenvalue weighted by Gasteiger charge is 2.28. The van der Waals surface area contributed by atoms with Crippen LogP contribution in [0.4, 0.5) is 17.6 Å². The van der Waals surface area contributed by atoms with Crippen LogP contribution in [-0.4, -0.2) is 24.9 Å². The molecule has 7 heteroatoms. The Labute approximate surface area is 101 Å². The second-order valence-electron chi connectivity index (χ2n) is 3.82. The SMILES string of the molecule is Cc1cc(C(=O)NCC(F)(F)CN)c(F)cc1F. The Bertz CT molecular complexity index is 463. The van der Waals surface area contributed by atoms with Gasteiger partial charge in [0.05, 0.1) is 18.7 Å². The molecule has 1 aromatic rings. The average Bonchev–Trinajstić information content (AvgIpc) is 2.31. The van der Waals surface area contributed by atoms with Crippen LogP contribution in [0, 0.1) is 18.6 Å². The number of nitrogens with two attached hydrogens (primary N) is 1. The van der Waals surface area contributed by atoms with Gasteiger partial charge in [-0.2, -0.15) is 0 Å². The summed E-state index contributed by atoms with van der Waals surface area (Å²) in [7, 11) is 0. The van der Waals surface area contributed by atoms with Gasteiger partial charge >= 0.3 is 0 Å². The molecule has 0 aliphatic heterocycles. The van der Waals surface area contributed by atoms with Crippen molar-refractivity contribution < 1.29 is 22.4 Å². The molecule has 1 rings (SSSR count). The Morgan fingerprint density at radius 1 is 1.33 bits per heavy atom. The van der Waals surface area contributed by atoms with E-state index < -0.39 is 42.1 Å². The van der Waals surface area contributed by atoms with Crippen molar-refractivity contribution in [3.8, 4) is 0 Å². The van der Waals surface area contributed by atoms with Gasteiger partial charge < -0.3 is 11.1 Å². The summed E-state index contributed by atoms with van der Waals surface area (Å²) in [4.78, 5) is 11.4. The van der Waals surface area contributed by atoms with Gasteiger partial charge in [-0.05, 0) is 18.6 Å². The molecule has 0 aliphatic carbocycles. The van der Waals surface area contributed by atoms with E-state index in [0.717, 1.165) is 6.07 Å². The maximum absolute atomic E-state index is 13.3. The van der Waals surface area contributed by atoms with Gasteiger partial charge in [0.15, 0.2) is 0 Å². The molecular weight excluding hydrogens is 252 g/mol. The van der Waals surface area contributed by atoms with Crippen molar-refractivity contribution in [2.75, 3.05) is 13.1 Å². The first-order valence-corrected chi connectivity index (χ1v) is 5.08. The van der Waals surface area contributed by atoms with Gasteiger partial charge in [-0.1, -0.05) is 0 Å². The quantitative estimate of drug-likeness (QED) is 0.811. The molecule has 0 aliphatic rings. The van der Waals surface area contributed by atoms with Crippen molar-refractivity contribution in [2.24, 2.45) is 5.73 Å². The van der Waals surface area contributed by atoms with Gasteiger partial charge in [0.2, 0.25) is 0 Å². The molecule has 3 nitrogen and oxygen atoms in total. The van der Waals surface area contributed by atoms with Gasteiger partial charge in [0, 0.05) is 6.07 Å². The molecule has 18 heavy (non-hydrogen) atoms. The molecule has 0 fully saturated rings. The number of carbonyl (C=O) groups is 1. The van der Waals surface area contributed by atoms with E-state index in [1.54, 1.807) is 0 Å². The highest BCUT2D eigenvalue weighted by atomic mass is 19.3. The molecule has 0 heterocycles. The summed E-state index contributed by atoms with van der Waals surface area (Å²) < 4.78 is 51.8. The monoisotopic (exact) mass is 264 g/mol. The zero-order valence-electron chi connectivity index (χ0n) is 9.57. The number of amides is 1. The van der Waals surface area contributed by atoms with Gasteiger partial charge in [-0.25, -0.2) is 17.6 Å². The van der Waals surface area contributed by atoms with Crippen LogP contribution >= 0.6 is 0 Å². The zero-order chi connectivity index (χ0) is 13.9. The molecule has 0 unspecified atom stereocenters. The molecule has 100 valence electrons. The summed E-state index contributed by atoms with van der Waals surface area (Å²) in [6.07, 6.45) is 0. The van der Waals surface area contributed by atoms with E-state index in [2.05, 4.69) is 0 Å². The van der Waals surface area contributed by atoms with Gasteiger partial charge in [-0.15, -0.1) is 0 Å². The number of alkyl halides is 2. The lowest BCUT2D eigenvalue weighted by Crippen LogP contribution is -2.41. The number of rotatable bonds is 4. The van der Waals surface area contributed by atoms with E-state index in [-0.39, 0.29) is 5.56 Å². The van der Waals surface area contributed by atoms with Gasteiger partial charge in [-0.3, -0.25) is 4.79 Å². The number of aryl methyl sites for hydroxylation is 1. The van der Waals surface area contributed by atoms with E-state index in [1.165, 1.54) is 6.92 Å². The summed E-state index contributed by atoms with van der Waals surface area (Å²) in [5.41, 5.74) is 4.34. The third-order valence-electron chi connectivity index (χ3n) is 2.30. The van der Waals surface area contributed by atoms with Crippen LogP contribution in [0.5, 0.6) is 0 Å². The minimum atomic E-state index is -3.26. The topological polar surface area (TPSA) is 55.1 Å². The maximum atomic E-state index is 13.3. The predicted octanol–water partition coefficient (Wildman–Crippen LogP) is 1.60. The molecule has 0 radical (unpaired) electrons. The number of nitrogens with one attached hydrogen (secondary N) is 1. The Hall–Kier alpha value is -1.63. The summed E-state index contributed by atoms with van der Waals surface area (Å²) in [6.45, 7) is -0.601. The standard InChI is InChI=1S/C11H12F4N2O/c1-6-2-7(9(13)3-8(6)12)10(18)17-5-11(14,15)4-16/h2-3H,4-5,16H2,1H3,(H,17,18). The number of halogens is 4. The van der Waals surface area contributed by atoms with E-state index in [9.17, 15) is 22.4 Å². The lowest BCUT2D eigenvalue weighted by molar-refractivity contribution is 0.0118. The van der Waals surface area contributed by atoms with Crippen LogP contribution in [0.2, 0.25) is 0 Å². The molecule has 0 bridgehead atoms. The molecule has 1 aromatic carbocycles. The number of benzene rings is 1. The highest BCUT2D eigenvalue weighted by molar-refractivity contribution is 5.94. The zero-order valence-corrected chi connectivity index (χ0v) is 9.57. The number of hydrogen-bond acceptors (Lipinski definition) is 2. The Kier molecular flexibility index (Phi) is 4.28. The fourth-order valence-corrected chi connectivity index (χ4v) is 1.21. The van der Waals surface area contributed by atoms with Crippen molar-refractivity contribution in [3.63, 3.8) is 0 Å². The van der Waals surface area contributed by atoms with Crippen LogP contribution in [0.1, 0.15) is 15.9 Å². The average molecular weight is 264 g/mol. The minimum absolute atomic E-state index is 0.0483. The van der Waals surface area contributed by atoms with Crippen molar-refractivity contribution in [1.29, 1.82) is 0 Å². The molecule has 0 spiro atoms. The summed E-state index contributed by atoms with van der Waals surface area (Å²) >= 11 is 0. The Morgan fingerprint density at radius 2 is 1.94 bits per heavy atom. The molecule has 3 N–H and O–H groups in total. The number of hydrogen-bond donors (Lipinski definition) is 2. The van der Waals surface area contributed by atoms with Crippen LogP contribution in [-0.2, 0) is 0 Å². The first-order chi connectivity index (χ1) is 8.26. The lowest BCUT2D eigenvalue weighted by atomic mass is 10.1. The molecule has 1 amide bonds. The smallest absolute Gasteiger partial charge is 0.277 e. The second-order valence-corrected chi connectivity index (χ2v) is 3.82. The normalized spacial score (nSPS) is 11.4. The first kappa shape index (κ1) is 14.4. The van der Waals surface area contributed by atoms with Crippen LogP contribution < -0.4 is 11.1 Å². The maximum Gasteiger partial charge on any atom is 0.277 e. The molecule has 0 saturated carbocycles. The molecule has 0 atom stereocenters. The van der Waals surface area contributed by atoms with Crippen LogP contribution in [0.15, 0.2) is 12.1 Å².